The quantitative estimate of drug-likeness (QED) is 0.0669. The van der Waals surface area contributed by atoms with E-state index in [0.29, 0.717) is 0 Å². The Balaban J connectivity index is 0.658. The first-order chi connectivity index (χ1) is 55.9. The van der Waals surface area contributed by atoms with Crippen LogP contribution in [0.1, 0.15) is 34.7 Å². The number of rotatable bonds is 17. The van der Waals surface area contributed by atoms with Crippen LogP contribution in [0.2, 0.25) is 0 Å². The summed E-state index contributed by atoms with van der Waals surface area (Å²) in [6, 6.07) is 151. The average Bonchev–Trinajstić information content (AvgIpc) is 1.55. The van der Waals surface area contributed by atoms with Gasteiger partial charge < -0.3 is 14.2 Å². The molecule has 19 aromatic rings. The van der Waals surface area contributed by atoms with Crippen LogP contribution in [0.15, 0.2) is 447 Å². The van der Waals surface area contributed by atoms with Gasteiger partial charge in [0.15, 0.2) is 0 Å². The lowest BCUT2D eigenvalue weighted by molar-refractivity contribution is 0.670. The maximum atomic E-state index is 7.15. The Morgan fingerprint density at radius 2 is 0.681 bits per heavy atom. The van der Waals surface area contributed by atoms with Crippen molar-refractivity contribution in [1.82, 2.24) is 0 Å². The van der Waals surface area contributed by atoms with Crippen LogP contribution in [0.25, 0.3) is 138 Å². The topological polar surface area (TPSA) is 19.6 Å². The Morgan fingerprint density at radius 3 is 1.27 bits per heavy atom. The molecule has 3 nitrogen and oxygen atoms in total. The molecule has 0 amide bonds. The fraction of sp³-hybridized carbons (Fsp3) is 0.0182. The number of hydrogen-bond acceptors (Lipinski definition) is 3. The maximum absolute atomic E-state index is 7.15. The van der Waals surface area contributed by atoms with E-state index in [0.717, 1.165) is 95.0 Å². The summed E-state index contributed by atoms with van der Waals surface area (Å²) in [5, 5.41) is 9.24. The van der Waals surface area contributed by atoms with Gasteiger partial charge in [-0.25, -0.2) is 0 Å². The van der Waals surface area contributed by atoms with Crippen LogP contribution in [0, 0.1) is 0 Å². The highest BCUT2D eigenvalue weighted by Gasteiger charge is 2.46. The summed E-state index contributed by atoms with van der Waals surface area (Å²) in [7, 11) is 0. The minimum atomic E-state index is -0.585. The van der Waals surface area contributed by atoms with E-state index in [1.54, 1.807) is 0 Å². The fourth-order valence-electron chi connectivity index (χ4n) is 17.6. The van der Waals surface area contributed by atoms with E-state index in [9.17, 15) is 0 Å². The molecule has 0 radical (unpaired) electrons. The summed E-state index contributed by atoms with van der Waals surface area (Å²) in [6.07, 6.45) is 6.45. The highest BCUT2D eigenvalue weighted by Crippen LogP contribution is 2.58. The van der Waals surface area contributed by atoms with E-state index in [-0.39, 0.29) is 0 Å². The van der Waals surface area contributed by atoms with Crippen molar-refractivity contribution in [3.8, 4) is 77.9 Å². The average molecular weight is 1440 g/mol. The lowest BCUT2D eigenvalue weighted by atomic mass is 9.67. The molecule has 113 heavy (non-hydrogen) atoms. The molecule has 0 unspecified atom stereocenters. The van der Waals surface area contributed by atoms with Crippen LogP contribution in [0.3, 0.4) is 0 Å². The van der Waals surface area contributed by atoms with E-state index < -0.39 is 5.41 Å². The van der Waals surface area contributed by atoms with Crippen molar-refractivity contribution in [1.29, 1.82) is 0 Å². The molecule has 0 spiro atoms. The number of para-hydroxylation sites is 1. The standard InChI is InChI=1S/C110H76N2O/c1-3-89(58-43-74(2)75-25-9-4-10-26-75)111(94-64-68-101-100-39-21-22-42-106(100)110(107(101)73-94,87-32-15-7-16-33-87)88-34-17-8-18-35-88)93-63-67-99-98-65-56-84(70-104(98)96-37-19-20-38-97(96)105(99)72-93)85-57-66-102-103-41-24-40-95(109(103)113-108(102)71-85)86-31-23-36-92(69-86)112(90-59-52-82(53-60-90)80-48-44-78(45-49-80)76-27-11-5-12-28-76)91-61-54-83(55-62-91)81-50-46-79(47-51-81)77-29-13-6-14-30-77/h3-73H,1H2,2H3/b74-43+,89-58+. The number of nitrogens with zero attached hydrogens (tertiary/aromatic N) is 2. The molecular weight excluding hydrogens is 1370 g/mol. The molecular formula is C110H76N2O. The second-order valence-corrected chi connectivity index (χ2v) is 29.5. The summed E-state index contributed by atoms with van der Waals surface area (Å²) in [6.45, 7) is 6.73. The van der Waals surface area contributed by atoms with Crippen molar-refractivity contribution in [2.24, 2.45) is 0 Å². The lowest BCUT2D eigenvalue weighted by Crippen LogP contribution is -2.28. The zero-order valence-electron chi connectivity index (χ0n) is 62.5. The van der Waals surface area contributed by atoms with Crippen molar-refractivity contribution in [2.45, 2.75) is 12.3 Å². The van der Waals surface area contributed by atoms with E-state index in [2.05, 4.69) is 448 Å². The highest BCUT2D eigenvalue weighted by atomic mass is 16.3. The minimum absolute atomic E-state index is 0.585. The Hall–Kier alpha value is -14.6. The summed E-state index contributed by atoms with van der Waals surface area (Å²) < 4.78 is 7.15. The fourth-order valence-corrected chi connectivity index (χ4v) is 17.6. The molecule has 0 atom stereocenters. The van der Waals surface area contributed by atoms with Crippen LogP contribution in [0.5, 0.6) is 0 Å². The predicted molar refractivity (Wildman–Crippen MR) is 478 cm³/mol. The number of benzene rings is 18. The van der Waals surface area contributed by atoms with Crippen molar-refractivity contribution >= 4 is 88.3 Å². The summed E-state index contributed by atoms with van der Waals surface area (Å²) in [5.74, 6) is 0. The van der Waals surface area contributed by atoms with Crippen molar-refractivity contribution in [3.05, 3.63) is 471 Å². The van der Waals surface area contributed by atoms with Crippen LogP contribution in [-0.2, 0) is 5.41 Å². The normalized spacial score (nSPS) is 12.5. The molecule has 3 heteroatoms. The molecule has 1 aromatic heterocycles. The molecule has 0 aliphatic heterocycles. The number of fused-ring (bicyclic) bond motifs is 12. The van der Waals surface area contributed by atoms with E-state index >= 15 is 0 Å². The zero-order valence-corrected chi connectivity index (χ0v) is 62.5. The zero-order chi connectivity index (χ0) is 75.4. The number of furan rings is 1. The van der Waals surface area contributed by atoms with Gasteiger partial charge in [-0.15, -0.1) is 0 Å². The maximum Gasteiger partial charge on any atom is 0.143 e. The molecule has 0 N–H and O–H groups in total. The minimum Gasteiger partial charge on any atom is -0.455 e. The van der Waals surface area contributed by atoms with Gasteiger partial charge in [-0.05, 0) is 236 Å². The lowest BCUT2D eigenvalue weighted by Gasteiger charge is -2.35. The SMILES string of the molecule is C=C/C(=C\C=C(/C)c1ccccc1)N(c1ccc2c(c1)C(c1ccccc1)(c1ccccc1)c1ccccc1-2)c1ccc2c3ccc(-c4ccc5c(c4)oc4c(-c6cccc(N(c7ccc(-c8ccc(-c9ccccc9)cc8)cc7)c7ccc(-c8ccc(-c9ccccc9)cc8)cc7)c6)cccc45)cc3c3ccccc3c2c1. The third-order valence-electron chi connectivity index (χ3n) is 23.1. The number of anilines is 5. The first-order valence-corrected chi connectivity index (χ1v) is 38.9. The van der Waals surface area contributed by atoms with Gasteiger partial charge in [0.2, 0.25) is 0 Å². The van der Waals surface area contributed by atoms with Crippen LogP contribution in [0.4, 0.5) is 28.4 Å². The molecule has 0 bridgehead atoms. The molecule has 20 rings (SSSR count). The Labute approximate surface area is 659 Å². The van der Waals surface area contributed by atoms with Crippen molar-refractivity contribution in [2.75, 3.05) is 9.80 Å². The third kappa shape index (κ3) is 12.1. The van der Waals surface area contributed by atoms with Crippen molar-refractivity contribution < 1.29 is 4.42 Å². The van der Waals surface area contributed by atoms with Gasteiger partial charge in [-0.2, -0.15) is 0 Å². The first kappa shape index (κ1) is 67.7. The van der Waals surface area contributed by atoms with E-state index in [4.69, 9.17) is 4.42 Å². The van der Waals surface area contributed by atoms with Crippen LogP contribution in [-0.4, -0.2) is 0 Å². The van der Waals surface area contributed by atoms with Gasteiger partial charge in [0.05, 0.1) is 5.41 Å². The van der Waals surface area contributed by atoms with Gasteiger partial charge in [0.25, 0.3) is 0 Å². The van der Waals surface area contributed by atoms with Gasteiger partial charge >= 0.3 is 0 Å². The number of allylic oxidation sites excluding steroid dienone is 4. The molecule has 1 heterocycles. The van der Waals surface area contributed by atoms with Gasteiger partial charge in [0, 0.05) is 50.5 Å². The summed E-state index contributed by atoms with van der Waals surface area (Å²) in [5.41, 5.74) is 30.7. The molecule has 1 aliphatic rings. The largest absolute Gasteiger partial charge is 0.455 e. The van der Waals surface area contributed by atoms with E-state index in [1.165, 1.54) is 105 Å². The van der Waals surface area contributed by atoms with E-state index in [1.807, 2.05) is 6.08 Å². The summed E-state index contributed by atoms with van der Waals surface area (Å²) >= 11 is 0. The molecule has 0 fully saturated rings. The first-order valence-electron chi connectivity index (χ1n) is 38.9. The van der Waals surface area contributed by atoms with Crippen LogP contribution < -0.4 is 9.80 Å². The van der Waals surface area contributed by atoms with Gasteiger partial charge in [0.1, 0.15) is 11.2 Å². The molecule has 532 valence electrons. The highest BCUT2D eigenvalue weighted by molar-refractivity contribution is 6.26. The van der Waals surface area contributed by atoms with Crippen LogP contribution >= 0.6 is 0 Å². The molecule has 0 saturated heterocycles. The Bertz CT molecular complexity index is 6700. The smallest absolute Gasteiger partial charge is 0.143 e. The monoisotopic (exact) mass is 1440 g/mol. The molecule has 18 aromatic carbocycles. The number of hydrogen-bond donors (Lipinski definition) is 0. The van der Waals surface area contributed by atoms with Gasteiger partial charge in [-0.3, -0.25) is 0 Å². The summed E-state index contributed by atoms with van der Waals surface area (Å²) in [4.78, 5) is 4.76. The molecule has 1 aliphatic carbocycles. The van der Waals surface area contributed by atoms with Crippen molar-refractivity contribution in [3.63, 3.8) is 0 Å². The second-order valence-electron chi connectivity index (χ2n) is 29.5. The second kappa shape index (κ2) is 28.7. The molecule has 0 saturated carbocycles. The Morgan fingerprint density at radius 1 is 0.274 bits per heavy atom. The third-order valence-corrected chi connectivity index (χ3v) is 23.1. The van der Waals surface area contributed by atoms with Gasteiger partial charge in [-0.1, -0.05) is 346 Å². The Kier molecular flexibility index (Phi) is 17.2. The predicted octanol–water partition coefficient (Wildman–Crippen LogP) is 30.2.